The molecule has 1 aromatic carbocycles. The van der Waals surface area contributed by atoms with Crippen molar-refractivity contribution in [1.82, 2.24) is 15.2 Å². The van der Waals surface area contributed by atoms with Crippen LogP contribution in [0.5, 0.6) is 0 Å². The molecule has 2 heterocycles. The molecule has 1 N–H and O–H groups in total. The van der Waals surface area contributed by atoms with Gasteiger partial charge in [-0.1, -0.05) is 26.0 Å². The number of anilines is 1. The molecule has 0 saturated carbocycles. The average molecular weight is 358 g/mol. The Morgan fingerprint density at radius 3 is 2.72 bits per heavy atom. The molecule has 0 aliphatic carbocycles. The lowest BCUT2D eigenvalue weighted by atomic mass is 10.1. The lowest BCUT2D eigenvalue weighted by Gasteiger charge is -2.42. The average Bonchev–Trinajstić information content (AvgIpc) is 3.09. The zero-order chi connectivity index (χ0) is 18.1. The minimum absolute atomic E-state index is 0.0601. The van der Waals surface area contributed by atoms with Crippen molar-refractivity contribution >= 4 is 28.8 Å². The highest BCUT2D eigenvalue weighted by Crippen LogP contribution is 2.39. The number of hydrogen-bond donors (Lipinski definition) is 1. The van der Waals surface area contributed by atoms with Crippen LogP contribution in [0.1, 0.15) is 46.2 Å². The standard InChI is InChI=1S/C18H22N4O2S/c1-11(2)14-9-20-16(25-14)17-21(4)18(24)12-7-5-6-8-13(12)22(17)10-15(23)19-3/h5-9,11,17H,10H2,1-4H3,(H,19,23). The molecule has 0 bridgehead atoms. The van der Waals surface area contributed by atoms with Crippen molar-refractivity contribution in [2.45, 2.75) is 25.9 Å². The van der Waals surface area contributed by atoms with Gasteiger partial charge in [-0.25, -0.2) is 4.98 Å². The lowest BCUT2D eigenvalue weighted by molar-refractivity contribution is -0.119. The van der Waals surface area contributed by atoms with Gasteiger partial charge in [0.1, 0.15) is 5.01 Å². The van der Waals surface area contributed by atoms with Gasteiger partial charge in [0.25, 0.3) is 5.91 Å². The van der Waals surface area contributed by atoms with Crippen LogP contribution in [-0.2, 0) is 4.79 Å². The molecule has 7 heteroatoms. The van der Waals surface area contributed by atoms with Crippen molar-refractivity contribution in [2.24, 2.45) is 0 Å². The zero-order valence-corrected chi connectivity index (χ0v) is 15.6. The third-order valence-corrected chi connectivity index (χ3v) is 5.69. The summed E-state index contributed by atoms with van der Waals surface area (Å²) in [5.41, 5.74) is 1.37. The number of nitrogens with zero attached hydrogens (tertiary/aromatic N) is 3. The summed E-state index contributed by atoms with van der Waals surface area (Å²) in [6.45, 7) is 4.39. The van der Waals surface area contributed by atoms with Gasteiger partial charge in [0.15, 0.2) is 6.17 Å². The number of nitrogens with one attached hydrogen (secondary N) is 1. The Morgan fingerprint density at radius 1 is 1.36 bits per heavy atom. The Bertz CT molecular complexity index is 802. The van der Waals surface area contributed by atoms with E-state index in [1.54, 1.807) is 36.4 Å². The quantitative estimate of drug-likeness (QED) is 0.912. The number of carbonyl (C=O) groups is 2. The smallest absolute Gasteiger partial charge is 0.257 e. The molecule has 2 amide bonds. The highest BCUT2D eigenvalue weighted by atomic mass is 32.1. The fourth-order valence-corrected chi connectivity index (χ4v) is 4.02. The van der Waals surface area contributed by atoms with Gasteiger partial charge in [0.05, 0.1) is 17.8 Å². The van der Waals surface area contributed by atoms with Crippen molar-refractivity contribution in [3.63, 3.8) is 0 Å². The van der Waals surface area contributed by atoms with E-state index in [-0.39, 0.29) is 18.4 Å². The van der Waals surface area contributed by atoms with E-state index in [1.165, 1.54) is 0 Å². The summed E-state index contributed by atoms with van der Waals surface area (Å²) in [6.07, 6.45) is 1.47. The molecule has 0 fully saturated rings. The molecule has 0 radical (unpaired) electrons. The van der Waals surface area contributed by atoms with E-state index >= 15 is 0 Å². The predicted molar refractivity (Wildman–Crippen MR) is 98.9 cm³/mol. The highest BCUT2D eigenvalue weighted by molar-refractivity contribution is 7.11. The van der Waals surface area contributed by atoms with E-state index in [1.807, 2.05) is 29.3 Å². The normalized spacial score (nSPS) is 17.0. The number of thiazole rings is 1. The van der Waals surface area contributed by atoms with Crippen LogP contribution in [-0.4, -0.2) is 42.3 Å². The molecule has 1 aliphatic rings. The second-order valence-corrected chi connectivity index (χ2v) is 7.46. The van der Waals surface area contributed by atoms with E-state index in [0.29, 0.717) is 11.5 Å². The summed E-state index contributed by atoms with van der Waals surface area (Å²) < 4.78 is 0. The molecule has 1 atom stereocenters. The van der Waals surface area contributed by atoms with Crippen LogP contribution in [0.4, 0.5) is 5.69 Å². The van der Waals surface area contributed by atoms with Crippen molar-refractivity contribution < 1.29 is 9.59 Å². The number of hydrogen-bond acceptors (Lipinski definition) is 5. The molecule has 1 aromatic heterocycles. The highest BCUT2D eigenvalue weighted by Gasteiger charge is 2.38. The monoisotopic (exact) mass is 358 g/mol. The third kappa shape index (κ3) is 3.11. The first kappa shape index (κ1) is 17.4. The molecule has 1 aliphatic heterocycles. The summed E-state index contributed by atoms with van der Waals surface area (Å²) in [5.74, 6) is 0.203. The maximum atomic E-state index is 12.8. The Hall–Kier alpha value is -2.41. The van der Waals surface area contributed by atoms with Gasteiger partial charge in [0.2, 0.25) is 5.91 Å². The number of fused-ring (bicyclic) bond motifs is 1. The largest absolute Gasteiger partial charge is 0.358 e. The molecule has 0 spiro atoms. The maximum Gasteiger partial charge on any atom is 0.257 e. The number of para-hydroxylation sites is 1. The number of carbonyl (C=O) groups excluding carboxylic acids is 2. The molecular weight excluding hydrogens is 336 g/mol. The Labute approximate surface area is 151 Å². The van der Waals surface area contributed by atoms with Gasteiger partial charge in [-0.15, -0.1) is 11.3 Å². The van der Waals surface area contributed by atoms with E-state index in [9.17, 15) is 9.59 Å². The van der Waals surface area contributed by atoms with Gasteiger partial charge >= 0.3 is 0 Å². The molecule has 2 aromatic rings. The van der Waals surface area contributed by atoms with Gasteiger partial charge in [-0.05, 0) is 18.1 Å². The molecule has 3 rings (SSSR count). The molecule has 0 saturated heterocycles. The minimum Gasteiger partial charge on any atom is -0.358 e. The summed E-state index contributed by atoms with van der Waals surface area (Å²) in [5, 5.41) is 3.48. The summed E-state index contributed by atoms with van der Waals surface area (Å²) >= 11 is 1.59. The Kier molecular flexibility index (Phi) is 4.76. The topological polar surface area (TPSA) is 65.5 Å². The second kappa shape index (κ2) is 6.84. The number of likely N-dealkylation sites (N-methyl/N-ethyl adjacent to an activating group) is 1. The van der Waals surface area contributed by atoms with E-state index in [2.05, 4.69) is 24.1 Å². The number of aromatic nitrogens is 1. The summed E-state index contributed by atoms with van der Waals surface area (Å²) in [4.78, 5) is 34.2. The maximum absolute atomic E-state index is 12.8. The van der Waals surface area contributed by atoms with Gasteiger partial charge in [-0.3, -0.25) is 9.59 Å². The van der Waals surface area contributed by atoms with Crippen LogP contribution in [0.2, 0.25) is 0 Å². The van der Waals surface area contributed by atoms with Crippen LogP contribution in [0.25, 0.3) is 0 Å². The third-order valence-electron chi connectivity index (χ3n) is 4.35. The van der Waals surface area contributed by atoms with Crippen LogP contribution >= 0.6 is 11.3 Å². The lowest BCUT2D eigenvalue weighted by Crippen LogP contribution is -2.50. The van der Waals surface area contributed by atoms with Crippen LogP contribution in [0, 0.1) is 0 Å². The second-order valence-electron chi connectivity index (χ2n) is 6.36. The number of benzene rings is 1. The van der Waals surface area contributed by atoms with Crippen molar-refractivity contribution in [2.75, 3.05) is 25.5 Å². The first-order valence-electron chi connectivity index (χ1n) is 8.23. The van der Waals surface area contributed by atoms with E-state index in [4.69, 9.17) is 0 Å². The molecule has 1 unspecified atom stereocenters. The molecule has 132 valence electrons. The van der Waals surface area contributed by atoms with Gasteiger partial charge in [-0.2, -0.15) is 0 Å². The predicted octanol–water partition coefficient (Wildman–Crippen LogP) is 2.60. The van der Waals surface area contributed by atoms with Crippen molar-refractivity contribution in [3.05, 3.63) is 45.9 Å². The van der Waals surface area contributed by atoms with E-state index in [0.717, 1.165) is 15.6 Å². The summed E-state index contributed by atoms with van der Waals surface area (Å²) in [6, 6.07) is 7.39. The summed E-state index contributed by atoms with van der Waals surface area (Å²) in [7, 11) is 3.37. The number of rotatable bonds is 4. The SMILES string of the molecule is CNC(=O)CN1c2ccccc2C(=O)N(C)C1c1ncc(C(C)C)s1. The first-order chi connectivity index (χ1) is 11.9. The molecule has 25 heavy (non-hydrogen) atoms. The van der Waals surface area contributed by atoms with Crippen molar-refractivity contribution in [1.29, 1.82) is 0 Å². The van der Waals surface area contributed by atoms with E-state index < -0.39 is 6.17 Å². The van der Waals surface area contributed by atoms with Crippen LogP contribution in [0.15, 0.2) is 30.5 Å². The van der Waals surface area contributed by atoms with Gasteiger partial charge < -0.3 is 15.1 Å². The molecule has 6 nitrogen and oxygen atoms in total. The fraction of sp³-hybridized carbons (Fsp3) is 0.389. The van der Waals surface area contributed by atoms with Crippen molar-refractivity contribution in [3.8, 4) is 0 Å². The first-order valence-corrected chi connectivity index (χ1v) is 9.04. The van der Waals surface area contributed by atoms with Gasteiger partial charge in [0, 0.05) is 25.2 Å². The van der Waals surface area contributed by atoms with Crippen LogP contribution in [0.3, 0.4) is 0 Å². The zero-order valence-electron chi connectivity index (χ0n) is 14.8. The Balaban J connectivity index is 2.09. The number of amides is 2. The van der Waals surface area contributed by atoms with Crippen LogP contribution < -0.4 is 10.2 Å². The minimum atomic E-state index is -0.391. The Morgan fingerprint density at radius 2 is 2.08 bits per heavy atom. The molecular formula is C18H22N4O2S. The fourth-order valence-electron chi connectivity index (χ4n) is 2.94.